The number of ether oxygens (including phenoxy) is 1. The van der Waals surface area contributed by atoms with Gasteiger partial charge < -0.3 is 10.1 Å². The number of fused-ring (bicyclic) bond motifs is 1. The average Bonchev–Trinajstić information content (AvgIpc) is 3.02. The molecule has 1 aliphatic rings. The fourth-order valence-corrected chi connectivity index (χ4v) is 3.12. The van der Waals surface area contributed by atoms with Crippen molar-refractivity contribution >= 4 is 24.8 Å². The van der Waals surface area contributed by atoms with E-state index >= 15 is 0 Å². The molecule has 0 saturated carbocycles. The third-order valence-electron chi connectivity index (χ3n) is 4.50. The molecular formula is C17H20BN5O. The highest BCUT2D eigenvalue weighted by Crippen LogP contribution is 2.27. The lowest BCUT2D eigenvalue weighted by Gasteiger charge is -2.22. The van der Waals surface area contributed by atoms with Gasteiger partial charge in [0.2, 0.25) is 0 Å². The molecule has 3 aromatic heterocycles. The van der Waals surface area contributed by atoms with Crippen LogP contribution >= 0.6 is 0 Å². The van der Waals surface area contributed by atoms with E-state index in [0.717, 1.165) is 54.2 Å². The number of pyridine rings is 1. The number of hydrogen-bond acceptors (Lipinski definition) is 5. The maximum Gasteiger partial charge on any atom is 0.151 e. The van der Waals surface area contributed by atoms with Gasteiger partial charge in [0.25, 0.3) is 0 Å². The molecule has 122 valence electrons. The minimum absolute atomic E-state index is 0.456. The van der Waals surface area contributed by atoms with Gasteiger partial charge >= 0.3 is 0 Å². The molecule has 0 aromatic carbocycles. The van der Waals surface area contributed by atoms with Crippen molar-refractivity contribution in [2.75, 3.05) is 18.5 Å². The molecule has 0 spiro atoms. The van der Waals surface area contributed by atoms with Gasteiger partial charge in [0, 0.05) is 56.0 Å². The van der Waals surface area contributed by atoms with Crippen molar-refractivity contribution < 1.29 is 4.74 Å². The first-order chi connectivity index (χ1) is 11.8. The van der Waals surface area contributed by atoms with Crippen LogP contribution in [0, 0.1) is 0 Å². The Bertz CT molecular complexity index is 830. The van der Waals surface area contributed by atoms with E-state index in [2.05, 4.69) is 27.5 Å². The van der Waals surface area contributed by atoms with E-state index < -0.39 is 0 Å². The van der Waals surface area contributed by atoms with Crippen LogP contribution in [0.15, 0.2) is 36.8 Å². The van der Waals surface area contributed by atoms with Crippen molar-refractivity contribution in [1.29, 1.82) is 0 Å². The molecular weight excluding hydrogens is 301 g/mol. The third-order valence-corrected chi connectivity index (χ3v) is 4.50. The Balaban J connectivity index is 1.67. The maximum atomic E-state index is 5.49. The third kappa shape index (κ3) is 2.99. The summed E-state index contributed by atoms with van der Waals surface area (Å²) in [6.07, 6.45) is 7.58. The van der Waals surface area contributed by atoms with Gasteiger partial charge in [0.15, 0.2) is 5.65 Å². The van der Waals surface area contributed by atoms with Gasteiger partial charge in [-0.2, -0.15) is 9.61 Å². The minimum Gasteiger partial charge on any atom is -0.381 e. The molecule has 0 amide bonds. The van der Waals surface area contributed by atoms with Crippen LogP contribution in [0.1, 0.15) is 30.0 Å². The molecule has 0 bridgehead atoms. The molecule has 3 aromatic rings. The minimum atomic E-state index is 0.456. The van der Waals surface area contributed by atoms with Crippen LogP contribution in [0.25, 0.3) is 5.65 Å². The normalized spacial score (nSPS) is 15.7. The highest BCUT2D eigenvalue weighted by atomic mass is 16.5. The summed E-state index contributed by atoms with van der Waals surface area (Å²) in [4.78, 5) is 9.03. The Kier molecular flexibility index (Phi) is 4.17. The van der Waals surface area contributed by atoms with Crippen molar-refractivity contribution in [3.05, 3.63) is 48.0 Å². The number of nitrogens with one attached hydrogen (secondary N) is 1. The number of anilines is 1. The van der Waals surface area contributed by atoms with E-state index in [1.54, 1.807) is 6.20 Å². The van der Waals surface area contributed by atoms with E-state index in [4.69, 9.17) is 9.72 Å². The highest BCUT2D eigenvalue weighted by Gasteiger charge is 2.20. The molecule has 0 unspecified atom stereocenters. The summed E-state index contributed by atoms with van der Waals surface area (Å²) < 4.78 is 7.37. The highest BCUT2D eigenvalue weighted by molar-refractivity contribution is 6.36. The molecule has 0 atom stereocenters. The van der Waals surface area contributed by atoms with Crippen LogP contribution in [0.5, 0.6) is 0 Å². The van der Waals surface area contributed by atoms with Crippen LogP contribution in [-0.4, -0.2) is 40.6 Å². The van der Waals surface area contributed by atoms with E-state index in [1.165, 1.54) is 0 Å². The molecule has 1 N–H and O–H groups in total. The van der Waals surface area contributed by atoms with Gasteiger partial charge in [-0.1, -0.05) is 6.07 Å². The molecule has 1 fully saturated rings. The van der Waals surface area contributed by atoms with E-state index in [1.807, 2.05) is 30.8 Å². The maximum absolute atomic E-state index is 5.49. The molecule has 6 nitrogen and oxygen atoms in total. The molecule has 4 rings (SSSR count). The molecule has 0 radical (unpaired) electrons. The van der Waals surface area contributed by atoms with Gasteiger partial charge in [-0.05, 0) is 29.9 Å². The van der Waals surface area contributed by atoms with Crippen molar-refractivity contribution in [3.63, 3.8) is 0 Å². The quantitative estimate of drug-likeness (QED) is 0.723. The van der Waals surface area contributed by atoms with Crippen LogP contribution in [0.3, 0.4) is 0 Å². The Hall–Kier alpha value is -2.41. The summed E-state index contributed by atoms with van der Waals surface area (Å²) in [5.41, 5.74) is 4.28. The zero-order valence-electron chi connectivity index (χ0n) is 13.8. The fourth-order valence-electron chi connectivity index (χ4n) is 3.12. The average molecular weight is 321 g/mol. The van der Waals surface area contributed by atoms with Gasteiger partial charge in [0.05, 0.1) is 0 Å². The van der Waals surface area contributed by atoms with E-state index in [-0.39, 0.29) is 0 Å². The Morgan fingerprint density at radius 1 is 1.29 bits per heavy atom. The molecule has 0 aliphatic carbocycles. The monoisotopic (exact) mass is 321 g/mol. The lowest BCUT2D eigenvalue weighted by Crippen LogP contribution is -2.17. The number of nitrogens with zero attached hydrogens (tertiary/aromatic N) is 4. The van der Waals surface area contributed by atoms with Crippen LogP contribution in [-0.2, 0) is 11.3 Å². The Morgan fingerprint density at radius 2 is 2.17 bits per heavy atom. The smallest absolute Gasteiger partial charge is 0.151 e. The van der Waals surface area contributed by atoms with E-state index in [0.29, 0.717) is 12.5 Å². The van der Waals surface area contributed by atoms with Crippen molar-refractivity contribution in [2.45, 2.75) is 25.3 Å². The molecule has 24 heavy (non-hydrogen) atoms. The van der Waals surface area contributed by atoms with Gasteiger partial charge in [-0.3, -0.25) is 4.98 Å². The Labute approximate surface area is 141 Å². The zero-order chi connectivity index (χ0) is 16.4. The second-order valence-corrected chi connectivity index (χ2v) is 6.23. The first-order valence-electron chi connectivity index (χ1n) is 8.37. The zero-order valence-corrected chi connectivity index (χ0v) is 13.8. The lowest BCUT2D eigenvalue weighted by molar-refractivity contribution is 0.0845. The summed E-state index contributed by atoms with van der Waals surface area (Å²) in [6, 6.07) is 6.14. The molecule has 4 heterocycles. The SMILES string of the molecule is Bc1cnn2c(NCc3cccnc3)cc(C3CCOCC3)nc12. The van der Waals surface area contributed by atoms with Crippen LogP contribution < -0.4 is 10.8 Å². The fraction of sp³-hybridized carbons (Fsp3) is 0.353. The van der Waals surface area contributed by atoms with Crippen LogP contribution in [0.4, 0.5) is 5.82 Å². The second-order valence-electron chi connectivity index (χ2n) is 6.23. The predicted molar refractivity (Wildman–Crippen MR) is 95.5 cm³/mol. The first kappa shape index (κ1) is 15.1. The number of aromatic nitrogens is 4. The van der Waals surface area contributed by atoms with Crippen molar-refractivity contribution in [3.8, 4) is 0 Å². The second kappa shape index (κ2) is 6.61. The van der Waals surface area contributed by atoms with E-state index in [9.17, 15) is 0 Å². The Morgan fingerprint density at radius 3 is 2.96 bits per heavy atom. The topological polar surface area (TPSA) is 64.3 Å². The largest absolute Gasteiger partial charge is 0.381 e. The van der Waals surface area contributed by atoms with Crippen LogP contribution in [0.2, 0.25) is 0 Å². The number of rotatable bonds is 4. The van der Waals surface area contributed by atoms with Gasteiger partial charge in [-0.15, -0.1) is 0 Å². The molecule has 1 aliphatic heterocycles. The van der Waals surface area contributed by atoms with Gasteiger partial charge in [0.1, 0.15) is 13.7 Å². The number of hydrogen-bond donors (Lipinski definition) is 1. The van der Waals surface area contributed by atoms with Crippen molar-refractivity contribution in [1.82, 2.24) is 19.6 Å². The molecule has 1 saturated heterocycles. The standard InChI is InChI=1S/C17H20BN5O/c18-14-11-21-23-16(20-10-12-2-1-5-19-9-12)8-15(22-17(14)23)13-3-6-24-7-4-13/h1-2,5,8-9,11,13,20H,3-4,6-7,10,18H2. The summed E-state index contributed by atoms with van der Waals surface area (Å²) >= 11 is 0. The van der Waals surface area contributed by atoms with Crippen molar-refractivity contribution in [2.24, 2.45) is 0 Å². The summed E-state index contributed by atoms with van der Waals surface area (Å²) in [5.74, 6) is 1.43. The first-order valence-corrected chi connectivity index (χ1v) is 8.37. The summed E-state index contributed by atoms with van der Waals surface area (Å²) in [6.45, 7) is 2.33. The summed E-state index contributed by atoms with van der Waals surface area (Å²) in [5, 5.41) is 7.95. The predicted octanol–water partition coefficient (Wildman–Crippen LogP) is 0.889. The summed E-state index contributed by atoms with van der Waals surface area (Å²) in [7, 11) is 2.05. The van der Waals surface area contributed by atoms with Gasteiger partial charge in [-0.25, -0.2) is 4.98 Å². The molecule has 7 heteroatoms. The lowest BCUT2D eigenvalue weighted by atomic mass is 9.95.